The minimum absolute atomic E-state index is 0.146. The molecule has 1 aliphatic rings. The van der Waals surface area contributed by atoms with Gasteiger partial charge in [0, 0.05) is 17.2 Å². The molecule has 0 bridgehead atoms. The minimum atomic E-state index is 0.146. The molecule has 0 radical (unpaired) electrons. The Bertz CT molecular complexity index is 871. The van der Waals surface area contributed by atoms with Crippen LogP contribution in [0.2, 0.25) is 0 Å². The number of nitrogens with one attached hydrogen (secondary N) is 1. The summed E-state index contributed by atoms with van der Waals surface area (Å²) in [6.45, 7) is 20.4. The number of aldehydes is 1. The number of rotatable bonds is 9. The van der Waals surface area contributed by atoms with E-state index in [0.29, 0.717) is 11.7 Å². The number of ether oxygens (including phenoxy) is 1. The zero-order chi connectivity index (χ0) is 27.7. The van der Waals surface area contributed by atoms with Crippen LogP contribution >= 0.6 is 0 Å². The van der Waals surface area contributed by atoms with E-state index in [1.54, 1.807) is 7.11 Å². The summed E-state index contributed by atoms with van der Waals surface area (Å²) in [6.07, 6.45) is 11.5. The van der Waals surface area contributed by atoms with Crippen LogP contribution in [0, 0.1) is 24.7 Å². The SMILES string of the molecule is C=C(OC)/C(C)=C\C(=C/C(C)C)NC(=O)C1CCC(CC)CC1.CC.CCc1c(C)cccc1C=O. The van der Waals surface area contributed by atoms with Crippen LogP contribution in [0.5, 0.6) is 0 Å². The van der Waals surface area contributed by atoms with Crippen molar-refractivity contribution < 1.29 is 14.3 Å². The Morgan fingerprint density at radius 1 is 1.17 bits per heavy atom. The lowest BCUT2D eigenvalue weighted by molar-refractivity contribution is -0.125. The first-order valence-electron chi connectivity index (χ1n) is 13.6. The molecular formula is C32H51NO3. The van der Waals surface area contributed by atoms with E-state index in [-0.39, 0.29) is 11.8 Å². The van der Waals surface area contributed by atoms with Crippen LogP contribution in [0.15, 0.2) is 54.0 Å². The van der Waals surface area contributed by atoms with Gasteiger partial charge in [-0.05, 0) is 80.6 Å². The van der Waals surface area contributed by atoms with Gasteiger partial charge in [0.1, 0.15) is 12.0 Å². The maximum Gasteiger partial charge on any atom is 0.227 e. The number of allylic oxidation sites excluding steroid dienone is 3. The van der Waals surface area contributed by atoms with Gasteiger partial charge in [0.25, 0.3) is 0 Å². The fourth-order valence-electron chi connectivity index (χ4n) is 4.36. The number of hydrogen-bond donors (Lipinski definition) is 1. The molecule has 0 spiro atoms. The molecule has 1 aromatic carbocycles. The first-order chi connectivity index (χ1) is 17.2. The molecule has 1 saturated carbocycles. The average molecular weight is 498 g/mol. The largest absolute Gasteiger partial charge is 0.497 e. The lowest BCUT2D eigenvalue weighted by atomic mass is 9.80. The zero-order valence-electron chi connectivity index (χ0n) is 24.4. The van der Waals surface area contributed by atoms with Gasteiger partial charge < -0.3 is 10.1 Å². The number of aryl methyl sites for hydroxylation is 1. The van der Waals surface area contributed by atoms with Crippen molar-refractivity contribution in [2.75, 3.05) is 7.11 Å². The molecule has 0 heterocycles. The van der Waals surface area contributed by atoms with Gasteiger partial charge in [-0.25, -0.2) is 0 Å². The van der Waals surface area contributed by atoms with Crippen LogP contribution in [0.4, 0.5) is 0 Å². The highest BCUT2D eigenvalue weighted by Crippen LogP contribution is 2.31. The zero-order valence-corrected chi connectivity index (χ0v) is 24.4. The number of hydrogen-bond acceptors (Lipinski definition) is 3. The molecule has 4 heteroatoms. The van der Waals surface area contributed by atoms with E-state index in [1.807, 2.05) is 52.0 Å². The Morgan fingerprint density at radius 3 is 2.22 bits per heavy atom. The molecule has 1 aromatic rings. The molecule has 0 aromatic heterocycles. The molecule has 0 unspecified atom stereocenters. The molecule has 202 valence electrons. The summed E-state index contributed by atoms with van der Waals surface area (Å²) >= 11 is 0. The summed E-state index contributed by atoms with van der Waals surface area (Å²) in [5.41, 5.74) is 4.97. The Labute approximate surface area is 221 Å². The topological polar surface area (TPSA) is 55.4 Å². The second kappa shape index (κ2) is 18.6. The van der Waals surface area contributed by atoms with Crippen LogP contribution in [-0.4, -0.2) is 19.3 Å². The quantitative estimate of drug-likeness (QED) is 0.212. The average Bonchev–Trinajstić information content (AvgIpc) is 2.89. The van der Waals surface area contributed by atoms with E-state index in [0.717, 1.165) is 48.3 Å². The molecule has 0 aliphatic heterocycles. The van der Waals surface area contributed by atoms with Crippen molar-refractivity contribution in [3.63, 3.8) is 0 Å². The first kappa shape index (κ1) is 33.4. The molecule has 36 heavy (non-hydrogen) atoms. The van der Waals surface area contributed by atoms with Gasteiger partial charge in [0.05, 0.1) is 7.11 Å². The smallest absolute Gasteiger partial charge is 0.227 e. The Hall–Kier alpha value is -2.62. The Morgan fingerprint density at radius 2 is 1.78 bits per heavy atom. The molecular weight excluding hydrogens is 446 g/mol. The van der Waals surface area contributed by atoms with Gasteiger partial charge in [-0.1, -0.05) is 78.8 Å². The fraction of sp³-hybridized carbons (Fsp3) is 0.562. The maximum atomic E-state index is 12.6. The number of carbonyl (C=O) groups excluding carboxylic acids is 2. The molecule has 2 rings (SSSR count). The van der Waals surface area contributed by atoms with Gasteiger partial charge in [0.2, 0.25) is 5.91 Å². The van der Waals surface area contributed by atoms with Crippen molar-refractivity contribution in [3.05, 3.63) is 70.6 Å². The third-order valence-corrected chi connectivity index (χ3v) is 6.56. The minimum Gasteiger partial charge on any atom is -0.497 e. The second-order valence-corrected chi connectivity index (χ2v) is 9.55. The summed E-state index contributed by atoms with van der Waals surface area (Å²) in [4.78, 5) is 23.1. The van der Waals surface area contributed by atoms with Crippen molar-refractivity contribution in [3.8, 4) is 0 Å². The van der Waals surface area contributed by atoms with Crippen molar-refractivity contribution >= 4 is 12.2 Å². The standard InChI is InChI=1S/C20H33NO2.C10H12O.C2H6/c1-7-17-8-10-18(11-9-17)20(22)21-19(12-14(2)3)13-15(4)16(5)23-6;1-3-10-8(2)5-4-6-9(10)7-11;1-2/h12-14,17-18H,5,7-11H2,1-4,6H3,(H,21,22);4-7H,3H2,1-2H3;1-2H3/b15-13-,19-12+;;. The summed E-state index contributed by atoms with van der Waals surface area (Å²) in [5.74, 6) is 2.08. The summed E-state index contributed by atoms with van der Waals surface area (Å²) < 4.78 is 5.16. The van der Waals surface area contributed by atoms with Crippen LogP contribution in [0.1, 0.15) is 102 Å². The highest BCUT2D eigenvalue weighted by Gasteiger charge is 2.25. The van der Waals surface area contributed by atoms with E-state index in [1.165, 1.54) is 30.4 Å². The third-order valence-electron chi connectivity index (χ3n) is 6.56. The molecule has 1 amide bonds. The van der Waals surface area contributed by atoms with E-state index >= 15 is 0 Å². The van der Waals surface area contributed by atoms with Crippen LogP contribution in [-0.2, 0) is 16.0 Å². The van der Waals surface area contributed by atoms with Crippen LogP contribution < -0.4 is 5.32 Å². The number of carbonyl (C=O) groups is 2. The molecule has 1 aliphatic carbocycles. The highest BCUT2D eigenvalue weighted by atomic mass is 16.5. The van der Waals surface area contributed by atoms with Gasteiger partial charge in [-0.15, -0.1) is 0 Å². The van der Waals surface area contributed by atoms with E-state index in [9.17, 15) is 9.59 Å². The van der Waals surface area contributed by atoms with Crippen LogP contribution in [0.25, 0.3) is 0 Å². The van der Waals surface area contributed by atoms with Crippen LogP contribution in [0.3, 0.4) is 0 Å². The molecule has 1 fully saturated rings. The van der Waals surface area contributed by atoms with Gasteiger partial charge in [0.15, 0.2) is 0 Å². The molecule has 0 saturated heterocycles. The summed E-state index contributed by atoms with van der Waals surface area (Å²) in [7, 11) is 1.61. The normalized spacial score (nSPS) is 17.7. The lowest BCUT2D eigenvalue weighted by Gasteiger charge is -2.27. The maximum absolute atomic E-state index is 12.6. The van der Waals surface area contributed by atoms with Gasteiger partial charge >= 0.3 is 0 Å². The number of methoxy groups -OCH3 is 1. The monoisotopic (exact) mass is 497 g/mol. The Kier molecular flexibility index (Phi) is 17.3. The van der Waals surface area contributed by atoms with Gasteiger partial charge in [-0.3, -0.25) is 9.59 Å². The summed E-state index contributed by atoms with van der Waals surface area (Å²) in [5, 5.41) is 3.11. The molecule has 0 atom stereocenters. The number of amides is 1. The Balaban J connectivity index is 0.000000784. The van der Waals surface area contributed by atoms with Crippen molar-refractivity contribution in [1.82, 2.24) is 5.32 Å². The number of benzene rings is 1. The van der Waals surface area contributed by atoms with Gasteiger partial charge in [-0.2, -0.15) is 0 Å². The molecule has 4 nitrogen and oxygen atoms in total. The first-order valence-corrected chi connectivity index (χ1v) is 13.6. The highest BCUT2D eigenvalue weighted by molar-refractivity contribution is 5.81. The van der Waals surface area contributed by atoms with Crippen molar-refractivity contribution in [1.29, 1.82) is 0 Å². The third kappa shape index (κ3) is 11.9. The summed E-state index contributed by atoms with van der Waals surface area (Å²) in [6, 6.07) is 5.81. The van der Waals surface area contributed by atoms with E-state index in [2.05, 4.69) is 45.7 Å². The van der Waals surface area contributed by atoms with E-state index in [4.69, 9.17) is 4.74 Å². The van der Waals surface area contributed by atoms with Crippen molar-refractivity contribution in [2.45, 2.75) is 93.9 Å². The fourth-order valence-corrected chi connectivity index (χ4v) is 4.36. The lowest BCUT2D eigenvalue weighted by Crippen LogP contribution is -2.32. The molecule has 1 N–H and O–H groups in total. The predicted molar refractivity (Wildman–Crippen MR) is 154 cm³/mol. The van der Waals surface area contributed by atoms with Crippen molar-refractivity contribution in [2.24, 2.45) is 17.8 Å². The van der Waals surface area contributed by atoms with E-state index < -0.39 is 0 Å². The second-order valence-electron chi connectivity index (χ2n) is 9.55. The predicted octanol–water partition coefficient (Wildman–Crippen LogP) is 8.36.